The Morgan fingerprint density at radius 2 is 0.939 bits per heavy atom. The third-order valence-electron chi connectivity index (χ3n) is 17.3. The maximum absolute atomic E-state index is 13.3. The largest absolute Gasteiger partial charge is 1.00 e. The molecule has 3 fully saturated rings. The Labute approximate surface area is 655 Å². The molecule has 3 atom stereocenters. The van der Waals surface area contributed by atoms with Crippen molar-refractivity contribution in [3.8, 4) is 0 Å². The molecule has 0 aliphatic carbocycles. The maximum Gasteiger partial charge on any atom is 1.00 e. The van der Waals surface area contributed by atoms with Crippen LogP contribution in [0, 0.1) is 13.8 Å². The van der Waals surface area contributed by atoms with Gasteiger partial charge in [0.05, 0.1) is 25.9 Å². The van der Waals surface area contributed by atoms with Crippen LogP contribution in [0.3, 0.4) is 0 Å². The molecule has 6 aromatic heterocycles. The summed E-state index contributed by atoms with van der Waals surface area (Å²) in [5.74, 6) is 3.38. The molecule has 2 amide bonds. The van der Waals surface area contributed by atoms with Crippen molar-refractivity contribution < 1.29 is 146 Å². The molecular weight excluding hydrogens is 1340 g/mol. The Morgan fingerprint density at radius 1 is 0.551 bits per heavy atom. The van der Waals surface area contributed by atoms with Crippen molar-refractivity contribution >= 4 is 106 Å². The average molecular weight is 1410 g/mol. The van der Waals surface area contributed by atoms with Gasteiger partial charge >= 0.3 is 103 Å². The fraction of sp³-hybridized carbons (Fsp3) is 0.271. The molecule has 3 aliphatic heterocycles. The fourth-order valence-corrected chi connectivity index (χ4v) is 15.4. The van der Waals surface area contributed by atoms with Crippen molar-refractivity contribution in [1.29, 1.82) is 0 Å². The van der Waals surface area contributed by atoms with E-state index in [1.807, 2.05) is 74.6 Å². The molecule has 98 heavy (non-hydrogen) atoms. The van der Waals surface area contributed by atoms with Crippen molar-refractivity contribution in [2.24, 2.45) is 0 Å². The smallest absolute Gasteiger partial charge is 1.00 e. The molecular formula is C70H75K2N15O9S2. The first-order valence-electron chi connectivity index (χ1n) is 31.5. The van der Waals surface area contributed by atoms with E-state index < -0.39 is 20.0 Å². The minimum absolute atomic E-state index is 0. The maximum atomic E-state index is 13.3. The van der Waals surface area contributed by atoms with Crippen molar-refractivity contribution in [3.05, 3.63) is 205 Å². The summed E-state index contributed by atoms with van der Waals surface area (Å²) < 4.78 is 55.6. The molecule has 0 radical (unpaired) electrons. The molecule has 14 rings (SSSR count). The number of H-pyrrole nitrogens is 1. The number of fused-ring (bicyclic) bond motifs is 3. The van der Waals surface area contributed by atoms with Gasteiger partial charge in [-0.2, -0.15) is 0 Å². The zero-order chi connectivity index (χ0) is 67.5. The van der Waals surface area contributed by atoms with E-state index in [9.17, 15) is 26.4 Å². The Hall–Kier alpha value is -7.30. The molecule has 3 aliphatic rings. The van der Waals surface area contributed by atoms with E-state index in [4.69, 9.17) is 15.8 Å². The number of nitrogen functional groups attached to an aromatic ring is 1. The predicted octanol–water partition coefficient (Wildman–Crippen LogP) is 4.12. The summed E-state index contributed by atoms with van der Waals surface area (Å²) in [5.41, 5.74) is 15.7. The zero-order valence-corrected chi connectivity index (χ0v) is 63.4. The van der Waals surface area contributed by atoms with Crippen LogP contribution in [-0.2, 0) is 39.3 Å². The van der Waals surface area contributed by atoms with Crippen molar-refractivity contribution in [2.75, 3.05) is 70.3 Å². The Balaban J connectivity index is 0.000000183. The van der Waals surface area contributed by atoms with E-state index >= 15 is 0 Å². The molecule has 0 bridgehead atoms. The summed E-state index contributed by atoms with van der Waals surface area (Å²) in [6.45, 7) is 11.8. The number of rotatable bonds is 13. The van der Waals surface area contributed by atoms with Crippen molar-refractivity contribution in [2.45, 2.75) is 93.8 Å². The number of nitrogens with zero attached hydrogens (tertiary/aromatic N) is 11. The van der Waals surface area contributed by atoms with E-state index in [1.165, 1.54) is 45.6 Å². The Morgan fingerprint density at radius 3 is 1.34 bits per heavy atom. The van der Waals surface area contributed by atoms with E-state index in [0.29, 0.717) is 28.5 Å². The first-order chi connectivity index (χ1) is 46.4. The number of amides is 2. The summed E-state index contributed by atoms with van der Waals surface area (Å²) in [6, 6.07) is 43.4. The summed E-state index contributed by atoms with van der Waals surface area (Å²) in [5, 5.41) is 16.7. The Bertz CT molecular complexity index is 4820. The number of benzene rings is 5. The third kappa shape index (κ3) is 17.8. The number of hydrogen-bond donors (Lipinski definition) is 4. The predicted molar refractivity (Wildman–Crippen MR) is 370 cm³/mol. The van der Waals surface area contributed by atoms with Crippen LogP contribution in [0.15, 0.2) is 187 Å². The van der Waals surface area contributed by atoms with Crippen LogP contribution in [0.5, 0.6) is 0 Å². The molecule has 11 aromatic rings. The normalized spacial score (nSPS) is 16.1. The number of anilines is 6. The molecule has 5 N–H and O–H groups in total. The molecule has 24 nitrogen and oxygen atoms in total. The van der Waals surface area contributed by atoms with Crippen LogP contribution in [0.1, 0.15) is 99.4 Å². The van der Waals surface area contributed by atoms with Crippen LogP contribution >= 0.6 is 0 Å². The standard InChI is InChI=1S/C26H27N5O3S.C24H25N5O2S.C19H21N5O.CH2O3.2K.H/c1-18-8-10-23(11-9-18)35(33,34)31-14-12-24-25(27-17-28-26(24)31)30-13-4-6-21(16-30)20-5-3-7-22(15-20)29-19(2)32;1-17-7-9-21(10-8-17)32(30,31)29-13-11-22-23(26-16-27-24(22)29)28-12-3-5-19(15-28)18-4-2-6-20(25)14-18;1-13(25)23-16-6-2-4-14(10-16)15-5-3-9-24(11-15)19-17-7-8-20-18(17)21-12-22-19;2-1-4-3;;;/h3,5,7-12,14-15,17,21H,4,6,13,16H2,1-2H3,(H,29,32);2,4,6-11,13-14,16,19H,3,5,12,15,25H2,1H3;2,4,6-8,10,12,15H,3,5,9,11H2,1H3,(H,23,25)(H,20,21,22);1,3H;;;/q;;;;2*+1;-1/p-1. The number of nitrogens with two attached hydrogens (primary N) is 1. The molecule has 498 valence electrons. The summed E-state index contributed by atoms with van der Waals surface area (Å²) >= 11 is 0. The quantitative estimate of drug-likeness (QED) is 0.0415. The average Bonchev–Trinajstić information content (AvgIpc) is 1.65. The number of carbonyl (C=O) groups excluding carboxylic acids is 3. The molecule has 28 heteroatoms. The van der Waals surface area contributed by atoms with Gasteiger partial charge in [-0.3, -0.25) is 14.4 Å². The number of aromatic nitrogens is 9. The minimum atomic E-state index is -3.78. The number of hydrogen-bond acceptors (Lipinski definition) is 19. The molecule has 0 spiro atoms. The first kappa shape index (κ1) is 74.9. The van der Waals surface area contributed by atoms with E-state index in [1.54, 1.807) is 79.4 Å². The van der Waals surface area contributed by atoms with E-state index in [2.05, 4.69) is 89.4 Å². The van der Waals surface area contributed by atoms with Crippen LogP contribution < -0.4 is 139 Å². The second-order valence-corrected chi connectivity index (χ2v) is 27.6. The van der Waals surface area contributed by atoms with Crippen molar-refractivity contribution in [3.63, 3.8) is 0 Å². The van der Waals surface area contributed by atoms with Crippen LogP contribution in [0.2, 0.25) is 0 Å². The number of carbonyl (C=O) groups is 3. The van der Waals surface area contributed by atoms with Gasteiger partial charge in [0, 0.05) is 107 Å². The first-order valence-corrected chi connectivity index (χ1v) is 34.4. The molecule has 5 aromatic carbocycles. The van der Waals surface area contributed by atoms with Gasteiger partial charge in [0.1, 0.15) is 42.1 Å². The number of piperidine rings is 3. The van der Waals surface area contributed by atoms with E-state index in [-0.39, 0.29) is 138 Å². The molecule has 3 unspecified atom stereocenters. The summed E-state index contributed by atoms with van der Waals surface area (Å²) in [4.78, 5) is 70.9. The van der Waals surface area contributed by atoms with Crippen molar-refractivity contribution in [1.82, 2.24) is 42.8 Å². The van der Waals surface area contributed by atoms with Gasteiger partial charge in [-0.05, 0) is 148 Å². The topological polar surface area (TPSA) is 315 Å². The van der Waals surface area contributed by atoms with Gasteiger partial charge < -0.3 is 47.6 Å². The van der Waals surface area contributed by atoms with Gasteiger partial charge in [0.2, 0.25) is 11.8 Å². The fourth-order valence-electron chi connectivity index (χ4n) is 12.8. The second-order valence-electron chi connectivity index (χ2n) is 24.0. The summed E-state index contributed by atoms with van der Waals surface area (Å²) in [6.07, 6.45) is 15.9. The Kier molecular flexibility index (Phi) is 26.1. The second kappa shape index (κ2) is 34.2. The van der Waals surface area contributed by atoms with E-state index in [0.717, 1.165) is 145 Å². The van der Waals surface area contributed by atoms with Gasteiger partial charge in [-0.25, -0.2) is 54.7 Å². The van der Waals surface area contributed by atoms with Gasteiger partial charge in [-0.1, -0.05) is 71.8 Å². The third-order valence-corrected chi connectivity index (χ3v) is 20.6. The van der Waals surface area contributed by atoms with Crippen LogP contribution in [0.4, 0.5) is 34.5 Å². The SMILES string of the molecule is CC(=O)Nc1cccc(C2CCCN(c3ncnc4[nH]ccc34)C2)c1.CC(=O)Nc1cccc(C2CCCN(c3ncnc4c3ccn4S(=O)(=O)c3ccc(C)cc3)C2)c1.Cc1ccc(S(=O)(=O)n2ccc3c(N4CCCC(c5cccc(N)c5)C4)ncnc32)cc1.O=CO[O-].[H-].[K+].[K+]. The van der Waals surface area contributed by atoms with Gasteiger partial charge in [0.15, 0.2) is 11.3 Å². The molecule has 3 saturated heterocycles. The number of aromatic amines is 1. The van der Waals surface area contributed by atoms with Crippen LogP contribution in [-0.4, -0.2) is 117 Å². The number of aryl methyl sites for hydroxylation is 2. The van der Waals surface area contributed by atoms with Crippen LogP contribution in [0.25, 0.3) is 33.1 Å². The minimum Gasteiger partial charge on any atom is -1.00 e. The zero-order valence-electron chi connectivity index (χ0n) is 56.5. The monoisotopic (exact) mass is 1410 g/mol. The molecule has 0 saturated carbocycles. The number of nitrogens with one attached hydrogen (secondary N) is 3. The summed E-state index contributed by atoms with van der Waals surface area (Å²) in [7, 11) is -7.53. The van der Waals surface area contributed by atoms with Gasteiger partial charge in [0.25, 0.3) is 26.5 Å². The molecule has 9 heterocycles. The van der Waals surface area contributed by atoms with Gasteiger partial charge in [-0.15, -0.1) is 0 Å².